The van der Waals surface area contributed by atoms with Crippen molar-refractivity contribution in [2.75, 3.05) is 15.8 Å². The number of hydrogen-bond acceptors (Lipinski definition) is 8. The molecule has 0 unspecified atom stereocenters. The average molecular weight is 580 g/mol. The normalized spacial score (nSPS) is 11.8. The molecule has 12 heteroatoms. The van der Waals surface area contributed by atoms with E-state index in [4.69, 9.17) is 0 Å². The predicted octanol–water partition coefficient (Wildman–Crippen LogP) is 5.20. The van der Waals surface area contributed by atoms with E-state index in [0.29, 0.717) is 28.9 Å². The number of hydrogen-bond donors (Lipinski definition) is 2. The van der Waals surface area contributed by atoms with E-state index in [1.54, 1.807) is 32.0 Å². The van der Waals surface area contributed by atoms with Crippen LogP contribution in [-0.4, -0.2) is 44.8 Å². The van der Waals surface area contributed by atoms with Crippen LogP contribution in [0.3, 0.4) is 0 Å². The van der Waals surface area contributed by atoms with Crippen molar-refractivity contribution in [1.82, 2.24) is 24.7 Å². The Hall–Kier alpha value is -3.77. The average Bonchev–Trinajstić information content (AvgIpc) is 3.29. The second kappa shape index (κ2) is 11.8. The number of anilines is 2. The zero-order valence-electron chi connectivity index (χ0n) is 23.4. The maximum absolute atomic E-state index is 12.8. The Morgan fingerprint density at radius 2 is 1.65 bits per heavy atom. The van der Waals surface area contributed by atoms with E-state index in [-0.39, 0.29) is 27.8 Å². The molecule has 0 radical (unpaired) electrons. The summed E-state index contributed by atoms with van der Waals surface area (Å²) < 4.78 is 30.0. The lowest BCUT2D eigenvalue weighted by Gasteiger charge is -2.19. The molecular weight excluding hydrogens is 546 g/mol. The van der Waals surface area contributed by atoms with Crippen LogP contribution in [0.4, 0.5) is 11.5 Å². The number of thioether (sulfide) groups is 1. The maximum Gasteiger partial charge on any atom is 0.263 e. The highest BCUT2D eigenvalue weighted by atomic mass is 32.2. The zero-order valence-corrected chi connectivity index (χ0v) is 25.0. The lowest BCUT2D eigenvalue weighted by atomic mass is 9.87. The van der Waals surface area contributed by atoms with E-state index in [1.807, 2.05) is 23.6 Å². The summed E-state index contributed by atoms with van der Waals surface area (Å²) in [4.78, 5) is 21.0. The first-order valence-corrected chi connectivity index (χ1v) is 15.2. The number of nitrogens with zero attached hydrogens (tertiary/aromatic N) is 5. The highest BCUT2D eigenvalue weighted by Gasteiger charge is 2.18. The standard InChI is InChI=1S/C28H33N7O3S2/c1-7-35-26(20-8-10-21(11-9-20)28(4,5)6)32-33-27(35)39-17-25(36)31-22-12-14-23(15-13-22)40(37,38)34-24-16-18(2)29-19(3)30-24/h8-16H,7,17H2,1-6H3,(H,31,36)(H,29,30,34). The smallest absolute Gasteiger partial charge is 0.263 e. The van der Waals surface area contributed by atoms with Crippen LogP contribution in [0.15, 0.2) is 64.6 Å². The predicted molar refractivity (Wildman–Crippen MR) is 158 cm³/mol. The molecule has 4 rings (SSSR count). The SMILES string of the molecule is CCn1c(SCC(=O)Nc2ccc(S(=O)(=O)Nc3cc(C)nc(C)n3)cc2)nnc1-c1ccc(C(C)(C)C)cc1. The summed E-state index contributed by atoms with van der Waals surface area (Å²) in [7, 11) is -3.85. The quantitative estimate of drug-likeness (QED) is 0.259. The minimum Gasteiger partial charge on any atom is -0.325 e. The molecule has 1 amide bonds. The number of benzene rings is 2. The third kappa shape index (κ3) is 7.05. The Morgan fingerprint density at radius 1 is 0.975 bits per heavy atom. The van der Waals surface area contributed by atoms with Crippen molar-refractivity contribution < 1.29 is 13.2 Å². The van der Waals surface area contributed by atoms with E-state index in [1.165, 1.54) is 29.5 Å². The van der Waals surface area contributed by atoms with Crippen LogP contribution >= 0.6 is 11.8 Å². The molecule has 0 atom stereocenters. The van der Waals surface area contributed by atoms with Crippen molar-refractivity contribution in [2.24, 2.45) is 0 Å². The van der Waals surface area contributed by atoms with Crippen LogP contribution in [0.5, 0.6) is 0 Å². The molecule has 0 saturated heterocycles. The number of carbonyl (C=O) groups excluding carboxylic acids is 1. The molecule has 2 N–H and O–H groups in total. The Labute approximate surface area is 239 Å². The second-order valence-corrected chi connectivity index (χ2v) is 12.9. The number of aromatic nitrogens is 5. The molecule has 0 aliphatic carbocycles. The monoisotopic (exact) mass is 579 g/mol. The fraction of sp³-hybridized carbons (Fsp3) is 0.321. The van der Waals surface area contributed by atoms with Gasteiger partial charge >= 0.3 is 0 Å². The summed E-state index contributed by atoms with van der Waals surface area (Å²) in [5.74, 6) is 1.30. The number of carbonyl (C=O) groups is 1. The first kappa shape index (κ1) is 29.2. The van der Waals surface area contributed by atoms with Crippen LogP contribution in [0.2, 0.25) is 0 Å². The Kier molecular flexibility index (Phi) is 8.59. The largest absolute Gasteiger partial charge is 0.325 e. The van der Waals surface area contributed by atoms with Crippen molar-refractivity contribution in [3.05, 3.63) is 71.7 Å². The summed E-state index contributed by atoms with van der Waals surface area (Å²) in [6.07, 6.45) is 0. The van der Waals surface area contributed by atoms with E-state index in [0.717, 1.165) is 11.4 Å². The molecule has 2 heterocycles. The van der Waals surface area contributed by atoms with Crippen LogP contribution in [0, 0.1) is 13.8 Å². The van der Waals surface area contributed by atoms with Crippen molar-refractivity contribution >= 4 is 39.2 Å². The number of nitrogens with one attached hydrogen (secondary N) is 2. The van der Waals surface area contributed by atoms with Crippen molar-refractivity contribution in [1.29, 1.82) is 0 Å². The molecule has 40 heavy (non-hydrogen) atoms. The van der Waals surface area contributed by atoms with Gasteiger partial charge in [-0.1, -0.05) is 56.8 Å². The van der Waals surface area contributed by atoms with Gasteiger partial charge in [0.2, 0.25) is 5.91 Å². The molecule has 2 aromatic heterocycles. The Balaban J connectivity index is 1.37. The third-order valence-corrected chi connectivity index (χ3v) is 8.37. The molecule has 4 aromatic rings. The van der Waals surface area contributed by atoms with Gasteiger partial charge in [0, 0.05) is 29.6 Å². The zero-order chi connectivity index (χ0) is 29.1. The summed E-state index contributed by atoms with van der Waals surface area (Å²) in [5, 5.41) is 12.1. The van der Waals surface area contributed by atoms with Crippen LogP contribution in [-0.2, 0) is 26.8 Å². The minimum absolute atomic E-state index is 0.0490. The highest BCUT2D eigenvalue weighted by molar-refractivity contribution is 7.99. The highest BCUT2D eigenvalue weighted by Crippen LogP contribution is 2.28. The number of rotatable bonds is 9. The van der Waals surface area contributed by atoms with E-state index >= 15 is 0 Å². The second-order valence-electron chi connectivity index (χ2n) is 10.3. The van der Waals surface area contributed by atoms with Gasteiger partial charge in [0.1, 0.15) is 11.6 Å². The van der Waals surface area contributed by atoms with Crippen LogP contribution in [0.1, 0.15) is 44.8 Å². The van der Waals surface area contributed by atoms with Gasteiger partial charge in [-0.05, 0) is 56.0 Å². The molecule has 2 aromatic carbocycles. The molecule has 0 saturated carbocycles. The van der Waals surface area contributed by atoms with Gasteiger partial charge in [-0.15, -0.1) is 10.2 Å². The van der Waals surface area contributed by atoms with Crippen molar-refractivity contribution in [3.8, 4) is 11.4 Å². The van der Waals surface area contributed by atoms with Gasteiger partial charge in [-0.25, -0.2) is 18.4 Å². The molecule has 0 fully saturated rings. The van der Waals surface area contributed by atoms with Gasteiger partial charge in [0.15, 0.2) is 11.0 Å². The third-order valence-electron chi connectivity index (χ3n) is 6.03. The van der Waals surface area contributed by atoms with Gasteiger partial charge < -0.3 is 9.88 Å². The molecule has 10 nitrogen and oxygen atoms in total. The summed E-state index contributed by atoms with van der Waals surface area (Å²) in [6, 6.07) is 15.8. The first-order valence-electron chi connectivity index (χ1n) is 12.8. The van der Waals surface area contributed by atoms with Gasteiger partial charge in [-0.3, -0.25) is 9.52 Å². The molecule has 0 bridgehead atoms. The fourth-order valence-electron chi connectivity index (χ4n) is 4.02. The number of sulfonamides is 1. The van der Waals surface area contributed by atoms with Crippen LogP contribution in [0.25, 0.3) is 11.4 Å². The number of amides is 1. The van der Waals surface area contributed by atoms with Gasteiger partial charge in [0.05, 0.1) is 10.6 Å². The maximum atomic E-state index is 12.8. The van der Waals surface area contributed by atoms with E-state index in [9.17, 15) is 13.2 Å². The van der Waals surface area contributed by atoms with Crippen molar-refractivity contribution in [3.63, 3.8) is 0 Å². The minimum atomic E-state index is -3.85. The van der Waals surface area contributed by atoms with E-state index in [2.05, 4.69) is 63.1 Å². The van der Waals surface area contributed by atoms with Crippen molar-refractivity contribution in [2.45, 2.75) is 63.6 Å². The lowest BCUT2D eigenvalue weighted by molar-refractivity contribution is -0.113. The number of aryl methyl sites for hydroxylation is 2. The summed E-state index contributed by atoms with van der Waals surface area (Å²) in [5.41, 5.74) is 3.41. The summed E-state index contributed by atoms with van der Waals surface area (Å²) >= 11 is 1.29. The lowest BCUT2D eigenvalue weighted by Crippen LogP contribution is -2.16. The molecule has 210 valence electrons. The molecular formula is C28H33N7O3S2. The van der Waals surface area contributed by atoms with Crippen LogP contribution < -0.4 is 10.0 Å². The Morgan fingerprint density at radius 3 is 2.25 bits per heavy atom. The topological polar surface area (TPSA) is 132 Å². The summed E-state index contributed by atoms with van der Waals surface area (Å²) in [6.45, 7) is 12.6. The Bertz CT molecular complexity index is 1590. The fourth-order valence-corrected chi connectivity index (χ4v) is 5.82. The molecule has 0 aliphatic rings. The van der Waals surface area contributed by atoms with Gasteiger partial charge in [-0.2, -0.15) is 0 Å². The van der Waals surface area contributed by atoms with E-state index < -0.39 is 10.0 Å². The first-order chi connectivity index (χ1) is 18.9. The molecule has 0 aliphatic heterocycles. The van der Waals surface area contributed by atoms with Gasteiger partial charge in [0.25, 0.3) is 10.0 Å². The molecule has 0 spiro atoms.